The highest BCUT2D eigenvalue weighted by Gasteiger charge is 2.25. The number of carbonyl (C=O) groups is 1. The Labute approximate surface area is 165 Å². The standard InChI is InChI=1S/C20H16ClN3O4/c21-13-2-4-14(5-3-13)22-20(25)16-8-15-10-26-19(9-24(15)23-16)12-1-6-17-18(7-12)28-11-27-17/h1-8,19H,9-11H2,(H,22,25). The van der Waals surface area contributed by atoms with Crippen LogP contribution in [0, 0.1) is 0 Å². The van der Waals surface area contributed by atoms with Crippen LogP contribution in [0.3, 0.4) is 0 Å². The number of nitrogens with one attached hydrogen (secondary N) is 1. The van der Waals surface area contributed by atoms with E-state index in [0.717, 1.165) is 22.8 Å². The van der Waals surface area contributed by atoms with Crippen molar-refractivity contribution in [1.29, 1.82) is 0 Å². The van der Waals surface area contributed by atoms with Gasteiger partial charge in [-0.1, -0.05) is 17.7 Å². The van der Waals surface area contributed by atoms with Crippen molar-refractivity contribution >= 4 is 23.2 Å². The van der Waals surface area contributed by atoms with Crippen molar-refractivity contribution in [1.82, 2.24) is 9.78 Å². The van der Waals surface area contributed by atoms with Gasteiger partial charge in [0, 0.05) is 10.7 Å². The number of benzene rings is 2. The molecule has 5 rings (SSSR count). The molecule has 0 fully saturated rings. The minimum atomic E-state index is -0.274. The van der Waals surface area contributed by atoms with Crippen LogP contribution >= 0.6 is 11.6 Å². The normalized spacial score (nSPS) is 17.2. The molecular formula is C20H16ClN3O4. The Bertz CT molecular complexity index is 1050. The molecule has 0 saturated carbocycles. The molecule has 1 aromatic heterocycles. The maximum Gasteiger partial charge on any atom is 0.276 e. The first-order chi connectivity index (χ1) is 13.7. The van der Waals surface area contributed by atoms with Crippen LogP contribution in [0.2, 0.25) is 5.02 Å². The lowest BCUT2D eigenvalue weighted by molar-refractivity contribution is -0.00127. The second kappa shape index (κ2) is 6.85. The summed E-state index contributed by atoms with van der Waals surface area (Å²) >= 11 is 5.87. The number of hydrogen-bond acceptors (Lipinski definition) is 5. The minimum absolute atomic E-state index is 0.172. The summed E-state index contributed by atoms with van der Waals surface area (Å²) < 4.78 is 18.6. The zero-order valence-corrected chi connectivity index (χ0v) is 15.5. The van der Waals surface area contributed by atoms with Crippen molar-refractivity contribution in [2.24, 2.45) is 0 Å². The van der Waals surface area contributed by atoms with Crippen molar-refractivity contribution in [3.8, 4) is 11.5 Å². The second-order valence-corrected chi connectivity index (χ2v) is 7.01. The topological polar surface area (TPSA) is 74.6 Å². The van der Waals surface area contributed by atoms with Gasteiger partial charge in [0.2, 0.25) is 6.79 Å². The molecule has 2 aromatic carbocycles. The van der Waals surface area contributed by atoms with Gasteiger partial charge in [0.15, 0.2) is 17.2 Å². The molecule has 0 saturated heterocycles. The van der Waals surface area contributed by atoms with Crippen LogP contribution in [0.1, 0.15) is 27.8 Å². The number of aromatic nitrogens is 2. The fourth-order valence-electron chi connectivity index (χ4n) is 3.28. The molecule has 3 heterocycles. The van der Waals surface area contributed by atoms with Crippen LogP contribution in [0.5, 0.6) is 11.5 Å². The monoisotopic (exact) mass is 397 g/mol. The largest absolute Gasteiger partial charge is 0.454 e. The van der Waals surface area contributed by atoms with E-state index in [0.29, 0.717) is 29.6 Å². The summed E-state index contributed by atoms with van der Waals surface area (Å²) in [7, 11) is 0. The van der Waals surface area contributed by atoms with Crippen molar-refractivity contribution in [2.75, 3.05) is 12.1 Å². The van der Waals surface area contributed by atoms with Gasteiger partial charge in [-0.3, -0.25) is 9.48 Å². The first-order valence-corrected chi connectivity index (χ1v) is 9.18. The number of nitrogens with zero attached hydrogens (tertiary/aromatic N) is 2. The Morgan fingerprint density at radius 3 is 2.79 bits per heavy atom. The summed E-state index contributed by atoms with van der Waals surface area (Å²) in [5.74, 6) is 1.18. The number of fused-ring (bicyclic) bond motifs is 2. The average molecular weight is 398 g/mol. The molecule has 8 heteroatoms. The van der Waals surface area contributed by atoms with Crippen molar-refractivity contribution < 1.29 is 19.0 Å². The van der Waals surface area contributed by atoms with E-state index in [1.807, 2.05) is 22.9 Å². The highest BCUT2D eigenvalue weighted by Crippen LogP contribution is 2.36. The number of amides is 1. The smallest absolute Gasteiger partial charge is 0.276 e. The molecular weight excluding hydrogens is 382 g/mol. The molecule has 2 aliphatic rings. The zero-order valence-electron chi connectivity index (χ0n) is 14.7. The molecule has 142 valence electrons. The first-order valence-electron chi connectivity index (χ1n) is 8.80. The Balaban J connectivity index is 1.32. The molecule has 1 N–H and O–H groups in total. The molecule has 1 amide bonds. The summed E-state index contributed by atoms with van der Waals surface area (Å²) in [4.78, 5) is 12.5. The lowest BCUT2D eigenvalue weighted by Crippen LogP contribution is -2.22. The third-order valence-corrected chi connectivity index (χ3v) is 4.99. The van der Waals surface area contributed by atoms with Crippen LogP contribution < -0.4 is 14.8 Å². The van der Waals surface area contributed by atoms with E-state index in [4.69, 9.17) is 25.8 Å². The summed E-state index contributed by atoms with van der Waals surface area (Å²) in [6, 6.07) is 14.4. The van der Waals surface area contributed by atoms with Gasteiger partial charge >= 0.3 is 0 Å². The molecule has 0 aliphatic carbocycles. The predicted octanol–water partition coefficient (Wildman–Crippen LogP) is 3.79. The Morgan fingerprint density at radius 2 is 1.93 bits per heavy atom. The number of rotatable bonds is 3. The van der Waals surface area contributed by atoms with E-state index in [9.17, 15) is 4.79 Å². The maximum absolute atomic E-state index is 12.5. The Hall–Kier alpha value is -3.03. The Morgan fingerprint density at radius 1 is 1.11 bits per heavy atom. The van der Waals surface area contributed by atoms with Gasteiger partial charge in [0.1, 0.15) is 6.10 Å². The Kier molecular flexibility index (Phi) is 4.18. The van der Waals surface area contributed by atoms with Crippen molar-refractivity contribution in [3.05, 3.63) is 70.5 Å². The lowest BCUT2D eigenvalue weighted by atomic mass is 10.1. The highest BCUT2D eigenvalue weighted by molar-refractivity contribution is 6.30. The quantitative estimate of drug-likeness (QED) is 0.727. The van der Waals surface area contributed by atoms with E-state index < -0.39 is 0 Å². The maximum atomic E-state index is 12.5. The summed E-state index contributed by atoms with van der Waals surface area (Å²) in [5.41, 5.74) is 2.85. The van der Waals surface area contributed by atoms with Gasteiger partial charge in [-0.2, -0.15) is 5.10 Å². The zero-order chi connectivity index (χ0) is 19.1. The molecule has 7 nitrogen and oxygen atoms in total. The van der Waals surface area contributed by atoms with Crippen molar-refractivity contribution in [3.63, 3.8) is 0 Å². The van der Waals surface area contributed by atoms with Gasteiger partial charge < -0.3 is 19.5 Å². The van der Waals surface area contributed by atoms with Gasteiger partial charge in [0.25, 0.3) is 5.91 Å². The molecule has 0 radical (unpaired) electrons. The van der Waals surface area contributed by atoms with E-state index in [1.54, 1.807) is 30.3 Å². The fraction of sp³-hybridized carbons (Fsp3) is 0.200. The van der Waals surface area contributed by atoms with E-state index in [1.165, 1.54) is 0 Å². The molecule has 28 heavy (non-hydrogen) atoms. The fourth-order valence-corrected chi connectivity index (χ4v) is 3.41. The first kappa shape index (κ1) is 17.1. The van der Waals surface area contributed by atoms with Crippen molar-refractivity contribution in [2.45, 2.75) is 19.3 Å². The molecule has 0 bridgehead atoms. The number of anilines is 1. The minimum Gasteiger partial charge on any atom is -0.454 e. The third-order valence-electron chi connectivity index (χ3n) is 4.74. The highest BCUT2D eigenvalue weighted by atomic mass is 35.5. The molecule has 1 unspecified atom stereocenters. The van der Waals surface area contributed by atoms with E-state index in [2.05, 4.69) is 10.4 Å². The number of carbonyl (C=O) groups excluding carboxylic acids is 1. The van der Waals surface area contributed by atoms with Crippen LogP contribution in [0.15, 0.2) is 48.5 Å². The molecule has 1 atom stereocenters. The summed E-state index contributed by atoms with van der Waals surface area (Å²) in [6.45, 7) is 1.13. The average Bonchev–Trinajstić information content (AvgIpc) is 3.35. The second-order valence-electron chi connectivity index (χ2n) is 6.58. The predicted molar refractivity (Wildman–Crippen MR) is 102 cm³/mol. The van der Waals surface area contributed by atoms with E-state index in [-0.39, 0.29) is 18.8 Å². The lowest BCUT2D eigenvalue weighted by Gasteiger charge is -2.24. The number of halogens is 1. The van der Waals surface area contributed by atoms with Gasteiger partial charge in [-0.25, -0.2) is 0 Å². The van der Waals surface area contributed by atoms with Gasteiger partial charge in [0.05, 0.1) is 18.8 Å². The van der Waals surface area contributed by atoms with Gasteiger partial charge in [-0.05, 0) is 48.0 Å². The molecule has 2 aliphatic heterocycles. The number of ether oxygens (including phenoxy) is 3. The van der Waals surface area contributed by atoms with E-state index >= 15 is 0 Å². The third kappa shape index (κ3) is 3.19. The molecule has 0 spiro atoms. The molecule has 3 aromatic rings. The van der Waals surface area contributed by atoms with Crippen LogP contribution in [-0.2, 0) is 17.9 Å². The van der Waals surface area contributed by atoms with Gasteiger partial charge in [-0.15, -0.1) is 0 Å². The van der Waals surface area contributed by atoms with Crippen LogP contribution in [0.4, 0.5) is 5.69 Å². The SMILES string of the molecule is O=C(Nc1ccc(Cl)cc1)c1cc2n(n1)CC(c1ccc3c(c1)OCO3)OC2. The summed E-state index contributed by atoms with van der Waals surface area (Å²) in [5, 5.41) is 7.89. The van der Waals surface area contributed by atoms with Crippen LogP contribution in [-0.4, -0.2) is 22.5 Å². The summed E-state index contributed by atoms with van der Waals surface area (Å²) in [6.07, 6.45) is -0.172. The van der Waals surface area contributed by atoms with Crippen LogP contribution in [0.25, 0.3) is 0 Å². The number of hydrogen-bond donors (Lipinski definition) is 1.